The molecule has 0 radical (unpaired) electrons. The number of primary amides is 1. The molecule has 0 bridgehead atoms. The molecule has 1 aromatic carbocycles. The van der Waals surface area contributed by atoms with Crippen LogP contribution in [0.2, 0.25) is 5.02 Å². The van der Waals surface area contributed by atoms with Crippen molar-refractivity contribution in [1.82, 2.24) is 9.97 Å². The predicted octanol–water partition coefficient (Wildman–Crippen LogP) is 1.34. The number of aromatic nitrogens is 2. The molecule has 0 aliphatic carbocycles. The first-order chi connectivity index (χ1) is 11.0. The van der Waals surface area contributed by atoms with Crippen LogP contribution >= 0.6 is 11.6 Å². The number of ether oxygens (including phenoxy) is 1. The molecule has 122 valence electrons. The Morgan fingerprint density at radius 1 is 1.39 bits per heavy atom. The molecule has 1 atom stereocenters. The van der Waals surface area contributed by atoms with Gasteiger partial charge in [-0.3, -0.25) is 4.79 Å². The molecule has 1 heterocycles. The summed E-state index contributed by atoms with van der Waals surface area (Å²) in [6, 6.07) is 8.24. The van der Waals surface area contributed by atoms with Gasteiger partial charge in [0.2, 0.25) is 0 Å². The Balaban J connectivity index is 2.32. The summed E-state index contributed by atoms with van der Waals surface area (Å²) in [6.07, 6.45) is -1.33. The molecule has 7 nitrogen and oxygen atoms in total. The molecular weight excluding hydrogens is 322 g/mol. The minimum atomic E-state index is -0.973. The molecule has 0 saturated carbocycles. The number of amides is 1. The molecule has 2 rings (SSSR count). The number of benzene rings is 1. The Hall–Kier alpha value is -2.38. The maximum absolute atomic E-state index is 11.7. The Morgan fingerprint density at radius 3 is 2.70 bits per heavy atom. The van der Waals surface area contributed by atoms with Gasteiger partial charge in [0.25, 0.3) is 5.56 Å². The number of nitrogens with two attached hydrogens (primary N) is 1. The summed E-state index contributed by atoms with van der Waals surface area (Å²) in [7, 11) is 0. The topological polar surface area (TPSA) is 118 Å². The van der Waals surface area contributed by atoms with E-state index in [9.17, 15) is 9.59 Å². The van der Waals surface area contributed by atoms with Crippen LogP contribution in [0.3, 0.4) is 0 Å². The van der Waals surface area contributed by atoms with Crippen LogP contribution in [0.5, 0.6) is 0 Å². The van der Waals surface area contributed by atoms with Crippen molar-refractivity contribution >= 4 is 17.7 Å². The van der Waals surface area contributed by atoms with Crippen molar-refractivity contribution in [3.8, 4) is 0 Å². The van der Waals surface area contributed by atoms with Crippen molar-refractivity contribution in [2.75, 3.05) is 6.61 Å². The summed E-state index contributed by atoms with van der Waals surface area (Å²) in [4.78, 5) is 29.6. The zero-order valence-electron chi connectivity index (χ0n) is 12.2. The first-order valence-corrected chi connectivity index (χ1v) is 7.27. The fraction of sp³-hybridized carbons (Fsp3) is 0.267. The summed E-state index contributed by atoms with van der Waals surface area (Å²) >= 11 is 5.84. The third-order valence-corrected chi connectivity index (χ3v) is 3.33. The van der Waals surface area contributed by atoms with E-state index in [1.807, 2.05) is 0 Å². The highest BCUT2D eigenvalue weighted by atomic mass is 35.5. The molecule has 0 fully saturated rings. The largest absolute Gasteiger partial charge is 0.438 e. The maximum atomic E-state index is 11.7. The van der Waals surface area contributed by atoms with Crippen molar-refractivity contribution in [3.05, 3.63) is 62.8 Å². The van der Waals surface area contributed by atoms with E-state index in [1.165, 1.54) is 6.07 Å². The number of aliphatic hydroxyl groups excluding tert-OH is 1. The quantitative estimate of drug-likeness (QED) is 0.735. The number of halogens is 1. The monoisotopic (exact) mass is 337 g/mol. The summed E-state index contributed by atoms with van der Waals surface area (Å²) in [5, 5.41) is 9.56. The van der Waals surface area contributed by atoms with Gasteiger partial charge in [0.15, 0.2) is 11.9 Å². The van der Waals surface area contributed by atoms with Gasteiger partial charge in [-0.25, -0.2) is 9.78 Å². The third-order valence-electron chi connectivity index (χ3n) is 3.08. The summed E-state index contributed by atoms with van der Waals surface area (Å²) < 4.78 is 5.07. The zero-order chi connectivity index (χ0) is 16.8. The lowest BCUT2D eigenvalue weighted by Crippen LogP contribution is -2.24. The number of carbonyl (C=O) groups excluding carboxylic acids is 1. The minimum Gasteiger partial charge on any atom is -0.438 e. The fourth-order valence-electron chi connectivity index (χ4n) is 2.09. The molecule has 1 amide bonds. The van der Waals surface area contributed by atoms with Gasteiger partial charge in [0, 0.05) is 30.5 Å². The predicted molar refractivity (Wildman–Crippen MR) is 84.2 cm³/mol. The Morgan fingerprint density at radius 2 is 2.09 bits per heavy atom. The maximum Gasteiger partial charge on any atom is 0.405 e. The van der Waals surface area contributed by atoms with E-state index < -0.39 is 17.8 Å². The molecule has 4 N–H and O–H groups in total. The van der Waals surface area contributed by atoms with Crippen LogP contribution in [0.1, 0.15) is 23.2 Å². The molecule has 23 heavy (non-hydrogen) atoms. The van der Waals surface area contributed by atoms with E-state index in [0.29, 0.717) is 10.7 Å². The minimum absolute atomic E-state index is 0.144. The standard InChI is InChI=1S/C15H16ClN3O4/c16-10-3-1-9(2-4-10)7-12(23-15(17)22)14-18-11(5-6-20)8-13(21)19-14/h1-4,8,12,20H,5-7H2,(H2,17,22)(H,18,19,21)/t12-/m0/s1. The van der Waals surface area contributed by atoms with Crippen LogP contribution in [-0.2, 0) is 17.6 Å². The smallest absolute Gasteiger partial charge is 0.405 e. The SMILES string of the molecule is NC(=O)O[C@@H](Cc1ccc(Cl)cc1)c1nc(CCO)cc(=O)[nH]1. The van der Waals surface area contributed by atoms with Crippen LogP contribution in [0.15, 0.2) is 35.1 Å². The summed E-state index contributed by atoms with van der Waals surface area (Å²) in [5.41, 5.74) is 5.94. The van der Waals surface area contributed by atoms with Crippen LogP contribution in [0, 0.1) is 0 Å². The highest BCUT2D eigenvalue weighted by Gasteiger charge is 2.19. The van der Waals surface area contributed by atoms with Gasteiger partial charge in [-0.15, -0.1) is 0 Å². The number of aliphatic hydroxyl groups is 1. The molecule has 0 unspecified atom stereocenters. The summed E-state index contributed by atoms with van der Waals surface area (Å²) in [6.45, 7) is -0.144. The molecule has 0 spiro atoms. The third kappa shape index (κ3) is 5.08. The van der Waals surface area contributed by atoms with Crippen LogP contribution in [0.4, 0.5) is 4.79 Å². The Labute approximate surface area is 137 Å². The first-order valence-electron chi connectivity index (χ1n) is 6.89. The van der Waals surface area contributed by atoms with E-state index in [4.69, 9.17) is 27.2 Å². The molecule has 2 aromatic rings. The Bertz CT molecular complexity index is 730. The van der Waals surface area contributed by atoms with Gasteiger partial charge in [0.1, 0.15) is 0 Å². The number of rotatable bonds is 6. The van der Waals surface area contributed by atoms with Crippen LogP contribution in [-0.4, -0.2) is 27.8 Å². The fourth-order valence-corrected chi connectivity index (χ4v) is 2.22. The van der Waals surface area contributed by atoms with Gasteiger partial charge >= 0.3 is 6.09 Å². The molecule has 1 aromatic heterocycles. The number of carbonyl (C=O) groups is 1. The second-order valence-electron chi connectivity index (χ2n) is 4.85. The van der Waals surface area contributed by atoms with E-state index in [0.717, 1.165) is 5.56 Å². The van der Waals surface area contributed by atoms with Crippen LogP contribution < -0.4 is 11.3 Å². The lowest BCUT2D eigenvalue weighted by atomic mass is 10.1. The van der Waals surface area contributed by atoms with Gasteiger partial charge < -0.3 is 20.6 Å². The first kappa shape index (κ1) is 17.0. The highest BCUT2D eigenvalue weighted by Crippen LogP contribution is 2.20. The number of hydrogen-bond acceptors (Lipinski definition) is 5. The van der Waals surface area contributed by atoms with Gasteiger partial charge in [0.05, 0.1) is 5.69 Å². The van der Waals surface area contributed by atoms with Gasteiger partial charge in [-0.2, -0.15) is 0 Å². The second kappa shape index (κ2) is 7.75. The molecule has 0 aliphatic heterocycles. The Kier molecular flexibility index (Phi) is 5.72. The van der Waals surface area contributed by atoms with Crippen LogP contribution in [0.25, 0.3) is 0 Å². The number of hydrogen-bond donors (Lipinski definition) is 3. The van der Waals surface area contributed by atoms with Crippen molar-refractivity contribution < 1.29 is 14.6 Å². The lowest BCUT2D eigenvalue weighted by Gasteiger charge is -2.16. The molecule has 0 saturated heterocycles. The second-order valence-corrected chi connectivity index (χ2v) is 5.29. The number of aromatic amines is 1. The van der Waals surface area contributed by atoms with E-state index in [-0.39, 0.29) is 25.3 Å². The lowest BCUT2D eigenvalue weighted by molar-refractivity contribution is 0.101. The number of nitrogens with zero attached hydrogens (tertiary/aromatic N) is 1. The zero-order valence-corrected chi connectivity index (χ0v) is 12.9. The van der Waals surface area contributed by atoms with Gasteiger partial charge in [-0.1, -0.05) is 23.7 Å². The number of H-pyrrole nitrogens is 1. The van der Waals surface area contributed by atoms with Crippen molar-refractivity contribution in [2.24, 2.45) is 5.73 Å². The van der Waals surface area contributed by atoms with Crippen molar-refractivity contribution in [2.45, 2.75) is 18.9 Å². The van der Waals surface area contributed by atoms with E-state index >= 15 is 0 Å². The summed E-state index contributed by atoms with van der Waals surface area (Å²) in [5.74, 6) is 0.176. The average molecular weight is 338 g/mol. The molecular formula is C15H16ClN3O4. The van der Waals surface area contributed by atoms with E-state index in [2.05, 4.69) is 9.97 Å². The molecule has 8 heteroatoms. The number of nitrogens with one attached hydrogen (secondary N) is 1. The average Bonchev–Trinajstić information content (AvgIpc) is 2.48. The van der Waals surface area contributed by atoms with Crippen molar-refractivity contribution in [1.29, 1.82) is 0 Å². The van der Waals surface area contributed by atoms with Crippen molar-refractivity contribution in [3.63, 3.8) is 0 Å². The normalized spacial score (nSPS) is 11.9. The highest BCUT2D eigenvalue weighted by molar-refractivity contribution is 6.30. The van der Waals surface area contributed by atoms with Gasteiger partial charge in [-0.05, 0) is 17.7 Å². The molecule has 0 aliphatic rings. The van der Waals surface area contributed by atoms with E-state index in [1.54, 1.807) is 24.3 Å².